The summed E-state index contributed by atoms with van der Waals surface area (Å²) in [5.41, 5.74) is 3.41. The quantitative estimate of drug-likeness (QED) is 0.136. The molecule has 0 saturated carbocycles. The van der Waals surface area contributed by atoms with Crippen LogP contribution in [0.2, 0.25) is 0 Å². The van der Waals surface area contributed by atoms with E-state index in [9.17, 15) is 0 Å². The van der Waals surface area contributed by atoms with Crippen molar-refractivity contribution in [2.45, 2.75) is 84.0 Å². The van der Waals surface area contributed by atoms with E-state index < -0.39 is 0 Å². The molecule has 176 valence electrons. The van der Waals surface area contributed by atoms with Crippen molar-refractivity contribution in [3.8, 4) is 0 Å². The van der Waals surface area contributed by atoms with Gasteiger partial charge >= 0.3 is 0 Å². The predicted molar refractivity (Wildman–Crippen MR) is 149 cm³/mol. The highest BCUT2D eigenvalue weighted by Gasteiger charge is 2.11. The summed E-state index contributed by atoms with van der Waals surface area (Å²) in [6.07, 6.45) is 16.6. The Kier molecular flexibility index (Phi) is 7.49. The Morgan fingerprint density at radius 1 is 0.529 bits per heavy atom. The molecule has 0 spiro atoms. The van der Waals surface area contributed by atoms with E-state index in [0.717, 1.165) is 11.2 Å². The summed E-state index contributed by atoms with van der Waals surface area (Å²) in [7, 11) is 0. The van der Waals surface area contributed by atoms with Gasteiger partial charge < -0.3 is 4.42 Å². The maximum Gasteiger partial charge on any atom is 0.136 e. The molecule has 0 unspecified atom stereocenters. The van der Waals surface area contributed by atoms with Crippen LogP contribution in [0.25, 0.3) is 43.5 Å². The van der Waals surface area contributed by atoms with Crippen LogP contribution in [0.3, 0.4) is 0 Å². The molecule has 0 aliphatic rings. The number of aryl methyl sites for hydroxylation is 1. The van der Waals surface area contributed by atoms with Gasteiger partial charge in [-0.05, 0) is 52.1 Å². The highest BCUT2D eigenvalue weighted by Crippen LogP contribution is 2.37. The van der Waals surface area contributed by atoms with Crippen molar-refractivity contribution in [2.24, 2.45) is 0 Å². The number of hydrogen-bond acceptors (Lipinski definition) is 1. The molecule has 0 aliphatic carbocycles. The van der Waals surface area contributed by atoms with Crippen molar-refractivity contribution in [1.29, 1.82) is 0 Å². The molecular weight excluding hydrogens is 412 g/mol. The standard InChI is InChI=1S/C33H38O/c1-2-3-4-5-6-7-8-9-10-11-12-15-25-18-20-27-26(24-25)19-21-29-28(27)22-23-32-33(29)30-16-13-14-17-31(30)34-32/h13-14,16-24H,2-12,15H2,1H3. The summed E-state index contributed by atoms with van der Waals surface area (Å²) in [6.45, 7) is 2.29. The molecule has 5 rings (SSSR count). The second kappa shape index (κ2) is 11.1. The minimum absolute atomic E-state index is 0.965. The lowest BCUT2D eigenvalue weighted by atomic mass is 9.96. The Hall–Kier alpha value is -2.80. The summed E-state index contributed by atoms with van der Waals surface area (Å²) in [5.74, 6) is 0. The van der Waals surface area contributed by atoms with Crippen LogP contribution in [0.15, 0.2) is 71.1 Å². The summed E-state index contributed by atoms with van der Waals surface area (Å²) >= 11 is 0. The number of benzene rings is 4. The maximum absolute atomic E-state index is 6.10. The van der Waals surface area contributed by atoms with E-state index >= 15 is 0 Å². The van der Waals surface area contributed by atoms with E-state index in [0.29, 0.717) is 0 Å². The van der Waals surface area contributed by atoms with Gasteiger partial charge in [-0.25, -0.2) is 0 Å². The van der Waals surface area contributed by atoms with Crippen LogP contribution in [0.4, 0.5) is 0 Å². The summed E-state index contributed by atoms with van der Waals surface area (Å²) in [4.78, 5) is 0. The highest BCUT2D eigenvalue weighted by molar-refractivity contribution is 6.23. The lowest BCUT2D eigenvalue weighted by Crippen LogP contribution is -1.88. The number of para-hydroxylation sites is 1. The molecule has 1 heterocycles. The van der Waals surface area contributed by atoms with Gasteiger partial charge in [0.15, 0.2) is 0 Å². The van der Waals surface area contributed by atoms with Crippen molar-refractivity contribution in [3.05, 3.63) is 72.3 Å². The zero-order valence-electron chi connectivity index (χ0n) is 20.7. The number of furan rings is 1. The third-order valence-electron chi connectivity index (χ3n) is 7.49. The van der Waals surface area contributed by atoms with Crippen LogP contribution < -0.4 is 0 Å². The maximum atomic E-state index is 6.10. The molecule has 0 aliphatic heterocycles. The first-order chi connectivity index (χ1) is 16.8. The van der Waals surface area contributed by atoms with Crippen LogP contribution in [-0.2, 0) is 6.42 Å². The van der Waals surface area contributed by atoms with Crippen LogP contribution >= 0.6 is 0 Å². The fourth-order valence-electron chi connectivity index (χ4n) is 5.57. The molecule has 4 aromatic carbocycles. The first-order valence-corrected chi connectivity index (χ1v) is 13.6. The zero-order chi connectivity index (χ0) is 23.2. The van der Waals surface area contributed by atoms with Crippen LogP contribution in [0, 0.1) is 0 Å². The van der Waals surface area contributed by atoms with Crippen LogP contribution in [0.1, 0.15) is 83.1 Å². The second-order valence-corrected chi connectivity index (χ2v) is 10.0. The Morgan fingerprint density at radius 3 is 2.00 bits per heavy atom. The van der Waals surface area contributed by atoms with E-state index in [-0.39, 0.29) is 0 Å². The minimum Gasteiger partial charge on any atom is -0.456 e. The van der Waals surface area contributed by atoms with Crippen molar-refractivity contribution in [3.63, 3.8) is 0 Å². The molecule has 0 saturated heterocycles. The van der Waals surface area contributed by atoms with Crippen LogP contribution in [-0.4, -0.2) is 0 Å². The average molecular weight is 451 g/mol. The molecular formula is C33H38O. The monoisotopic (exact) mass is 450 g/mol. The van der Waals surface area contributed by atoms with Crippen molar-refractivity contribution >= 4 is 43.5 Å². The first kappa shape index (κ1) is 23.0. The van der Waals surface area contributed by atoms with Gasteiger partial charge in [-0.15, -0.1) is 0 Å². The van der Waals surface area contributed by atoms with E-state index in [1.54, 1.807) is 0 Å². The topological polar surface area (TPSA) is 13.1 Å². The Balaban J connectivity index is 1.20. The molecule has 1 nitrogen and oxygen atoms in total. The summed E-state index contributed by atoms with van der Waals surface area (Å²) in [5, 5.41) is 7.73. The van der Waals surface area contributed by atoms with Gasteiger partial charge in [0.25, 0.3) is 0 Å². The zero-order valence-corrected chi connectivity index (χ0v) is 20.7. The largest absolute Gasteiger partial charge is 0.456 e. The highest BCUT2D eigenvalue weighted by atomic mass is 16.3. The van der Waals surface area contributed by atoms with Crippen molar-refractivity contribution < 1.29 is 4.42 Å². The Bertz CT molecular complexity index is 1370. The summed E-state index contributed by atoms with van der Waals surface area (Å²) < 4.78 is 6.10. The van der Waals surface area contributed by atoms with Gasteiger partial charge in [-0.2, -0.15) is 0 Å². The number of fused-ring (bicyclic) bond motifs is 7. The van der Waals surface area contributed by atoms with E-state index in [1.165, 1.54) is 115 Å². The van der Waals surface area contributed by atoms with Gasteiger partial charge in [0.1, 0.15) is 11.2 Å². The second-order valence-electron chi connectivity index (χ2n) is 10.0. The molecule has 34 heavy (non-hydrogen) atoms. The van der Waals surface area contributed by atoms with Gasteiger partial charge in [-0.3, -0.25) is 0 Å². The molecule has 0 N–H and O–H groups in total. The Labute approximate surface area is 204 Å². The van der Waals surface area contributed by atoms with Crippen molar-refractivity contribution in [1.82, 2.24) is 0 Å². The normalized spacial score (nSPS) is 11.9. The van der Waals surface area contributed by atoms with Gasteiger partial charge in [0.2, 0.25) is 0 Å². The van der Waals surface area contributed by atoms with E-state index in [1.807, 2.05) is 6.07 Å². The summed E-state index contributed by atoms with van der Waals surface area (Å²) in [6, 6.07) is 24.4. The van der Waals surface area contributed by atoms with Gasteiger partial charge in [0.05, 0.1) is 0 Å². The number of unbranched alkanes of at least 4 members (excludes halogenated alkanes) is 10. The van der Waals surface area contributed by atoms with Crippen molar-refractivity contribution in [2.75, 3.05) is 0 Å². The molecule has 0 atom stereocenters. The third kappa shape index (κ3) is 4.99. The molecule has 0 bridgehead atoms. The predicted octanol–water partition coefficient (Wildman–Crippen LogP) is 10.7. The molecule has 1 heteroatoms. The molecule has 0 amide bonds. The number of rotatable bonds is 12. The fourth-order valence-corrected chi connectivity index (χ4v) is 5.57. The van der Waals surface area contributed by atoms with E-state index in [4.69, 9.17) is 4.42 Å². The molecule has 5 aromatic rings. The SMILES string of the molecule is CCCCCCCCCCCCCc1ccc2c(ccc3c2ccc2oc4ccccc4c23)c1. The molecule has 1 aromatic heterocycles. The van der Waals surface area contributed by atoms with Gasteiger partial charge in [-0.1, -0.05) is 126 Å². The Morgan fingerprint density at radius 2 is 1.21 bits per heavy atom. The fraction of sp³-hybridized carbons (Fsp3) is 0.394. The first-order valence-electron chi connectivity index (χ1n) is 13.6. The lowest BCUT2D eigenvalue weighted by Gasteiger charge is -2.08. The minimum atomic E-state index is 0.965. The van der Waals surface area contributed by atoms with Crippen LogP contribution in [0.5, 0.6) is 0 Å². The number of hydrogen-bond donors (Lipinski definition) is 0. The lowest BCUT2D eigenvalue weighted by molar-refractivity contribution is 0.549. The molecule has 0 radical (unpaired) electrons. The molecule has 0 fully saturated rings. The smallest absolute Gasteiger partial charge is 0.136 e. The third-order valence-corrected chi connectivity index (χ3v) is 7.49. The average Bonchev–Trinajstić information content (AvgIpc) is 3.26. The van der Waals surface area contributed by atoms with Gasteiger partial charge in [0, 0.05) is 10.8 Å². The van der Waals surface area contributed by atoms with E-state index in [2.05, 4.69) is 67.6 Å².